The van der Waals surface area contributed by atoms with Crippen LogP contribution in [0, 0.1) is 0 Å². The minimum Gasteiger partial charge on any atom is -0.481 e. The molecule has 0 saturated heterocycles. The molecule has 0 radical (unpaired) electrons. The van der Waals surface area contributed by atoms with E-state index in [9.17, 15) is 9.59 Å². The number of amides is 1. The fourth-order valence-corrected chi connectivity index (χ4v) is 4.52. The first kappa shape index (κ1) is 24.4. The lowest BCUT2D eigenvalue weighted by Gasteiger charge is -2.38. The van der Waals surface area contributed by atoms with Gasteiger partial charge in [0, 0.05) is 19.4 Å². The summed E-state index contributed by atoms with van der Waals surface area (Å²) in [5.41, 5.74) is 3.55. The van der Waals surface area contributed by atoms with E-state index in [4.69, 9.17) is 33.0 Å². The maximum Gasteiger partial charge on any atom is 0.410 e. The van der Waals surface area contributed by atoms with Gasteiger partial charge in [0.1, 0.15) is 5.60 Å². The monoisotopic (exact) mass is 477 g/mol. The lowest BCUT2D eigenvalue weighted by Crippen LogP contribution is -2.38. The topological polar surface area (TPSA) is 66.8 Å². The van der Waals surface area contributed by atoms with Crippen LogP contribution in [-0.2, 0) is 16.0 Å². The highest BCUT2D eigenvalue weighted by Gasteiger charge is 2.34. The first-order valence-corrected chi connectivity index (χ1v) is 11.5. The van der Waals surface area contributed by atoms with Gasteiger partial charge in [-0.05, 0) is 74.4 Å². The van der Waals surface area contributed by atoms with Gasteiger partial charge >= 0.3 is 12.1 Å². The summed E-state index contributed by atoms with van der Waals surface area (Å²) in [4.78, 5) is 25.5. The number of carboxylic acid groups (broad SMARTS) is 1. The van der Waals surface area contributed by atoms with Crippen molar-refractivity contribution in [2.75, 3.05) is 7.05 Å². The van der Waals surface area contributed by atoms with Gasteiger partial charge in [-0.25, -0.2) is 4.79 Å². The number of carboxylic acids is 1. The van der Waals surface area contributed by atoms with Crippen molar-refractivity contribution in [2.24, 2.45) is 0 Å². The number of fused-ring (bicyclic) bond motifs is 1. The molecule has 0 saturated carbocycles. The van der Waals surface area contributed by atoms with Gasteiger partial charge in [-0.1, -0.05) is 47.5 Å². The van der Waals surface area contributed by atoms with Crippen LogP contribution in [0.3, 0.4) is 0 Å². The van der Waals surface area contributed by atoms with Gasteiger partial charge in [-0.3, -0.25) is 4.79 Å². The minimum atomic E-state index is -0.828. The second-order valence-corrected chi connectivity index (χ2v) is 10.1. The van der Waals surface area contributed by atoms with E-state index in [1.54, 1.807) is 18.0 Å². The summed E-state index contributed by atoms with van der Waals surface area (Å²) in [5, 5.41) is 10.1. The number of nitrogens with zero attached hydrogens (tertiary/aromatic N) is 1. The maximum absolute atomic E-state index is 12.8. The Labute approximate surface area is 199 Å². The van der Waals surface area contributed by atoms with Crippen molar-refractivity contribution < 1.29 is 19.4 Å². The summed E-state index contributed by atoms with van der Waals surface area (Å²) in [5.74, 6) is -0.751. The second-order valence-electron chi connectivity index (χ2n) is 9.27. The summed E-state index contributed by atoms with van der Waals surface area (Å²) in [6.45, 7) is 5.55. The Bertz CT molecular complexity index is 1020. The summed E-state index contributed by atoms with van der Waals surface area (Å²) in [6.07, 6.45) is 1.73. The molecule has 0 aliphatic heterocycles. The number of benzene rings is 2. The molecule has 0 spiro atoms. The maximum atomic E-state index is 12.8. The number of aryl methyl sites for hydroxylation is 1. The normalized spacial score (nSPS) is 18.1. The smallest absolute Gasteiger partial charge is 0.410 e. The van der Waals surface area contributed by atoms with Crippen molar-refractivity contribution in [2.45, 2.75) is 64.0 Å². The highest BCUT2D eigenvalue weighted by Crippen LogP contribution is 2.45. The van der Waals surface area contributed by atoms with Crippen LogP contribution >= 0.6 is 23.2 Å². The predicted octanol–water partition coefficient (Wildman–Crippen LogP) is 6.84. The molecule has 172 valence electrons. The van der Waals surface area contributed by atoms with Gasteiger partial charge in [0.25, 0.3) is 0 Å². The van der Waals surface area contributed by atoms with E-state index in [1.165, 1.54) is 0 Å². The molecule has 1 amide bonds. The van der Waals surface area contributed by atoms with Crippen molar-refractivity contribution >= 4 is 35.3 Å². The molecule has 0 heterocycles. The number of ether oxygens (including phenoxy) is 1. The molecule has 5 nitrogen and oxygen atoms in total. The van der Waals surface area contributed by atoms with Crippen molar-refractivity contribution in [3.05, 3.63) is 68.7 Å². The molecular weight excluding hydrogens is 449 g/mol. The summed E-state index contributed by atoms with van der Waals surface area (Å²) < 4.78 is 5.59. The fourth-order valence-electron chi connectivity index (χ4n) is 4.21. The molecule has 1 N–H and O–H groups in total. The quantitative estimate of drug-likeness (QED) is 0.511. The van der Waals surface area contributed by atoms with Crippen LogP contribution in [0.5, 0.6) is 0 Å². The molecule has 3 rings (SSSR count). The highest BCUT2D eigenvalue weighted by atomic mass is 35.5. The summed E-state index contributed by atoms with van der Waals surface area (Å²) >= 11 is 12.4. The van der Waals surface area contributed by atoms with Crippen LogP contribution in [0.15, 0.2) is 36.4 Å². The predicted molar refractivity (Wildman–Crippen MR) is 127 cm³/mol. The average molecular weight is 478 g/mol. The average Bonchev–Trinajstić information content (AvgIpc) is 2.71. The second kappa shape index (κ2) is 9.72. The molecule has 0 unspecified atom stereocenters. The molecule has 2 aromatic carbocycles. The lowest BCUT2D eigenvalue weighted by atomic mass is 9.75. The molecule has 2 aromatic rings. The third kappa shape index (κ3) is 5.76. The van der Waals surface area contributed by atoms with Gasteiger partial charge in [-0.15, -0.1) is 0 Å². The van der Waals surface area contributed by atoms with Gasteiger partial charge in [0.05, 0.1) is 16.1 Å². The molecule has 32 heavy (non-hydrogen) atoms. The van der Waals surface area contributed by atoms with E-state index < -0.39 is 11.6 Å². The first-order chi connectivity index (χ1) is 15.0. The van der Waals surface area contributed by atoms with Crippen molar-refractivity contribution in [1.82, 2.24) is 4.90 Å². The molecule has 0 fully saturated rings. The van der Waals surface area contributed by atoms with Gasteiger partial charge in [0.2, 0.25) is 0 Å². The van der Waals surface area contributed by atoms with Gasteiger partial charge in [-0.2, -0.15) is 0 Å². The largest absolute Gasteiger partial charge is 0.481 e. The Morgan fingerprint density at radius 2 is 1.78 bits per heavy atom. The third-order valence-electron chi connectivity index (χ3n) is 5.74. The standard InChI is InChI=1S/C25H29Cl2NO4/c1-25(2,3)32-24(31)28(4)22-11-9-17(16-7-10-20(26)21(27)14-16)19-13-15(5-8-18(19)22)6-12-23(29)30/h5,7-8,10,13-14,17,22H,6,9,11-12H2,1-4H3,(H,29,30)/t17-,22-/m0/s1. The number of hydrogen-bond donors (Lipinski definition) is 1. The summed E-state index contributed by atoms with van der Waals surface area (Å²) in [6, 6.07) is 11.6. The van der Waals surface area contributed by atoms with Gasteiger partial charge < -0.3 is 14.7 Å². The fraction of sp³-hybridized carbons (Fsp3) is 0.440. The van der Waals surface area contributed by atoms with E-state index in [0.29, 0.717) is 16.5 Å². The summed E-state index contributed by atoms with van der Waals surface area (Å²) in [7, 11) is 1.76. The number of aliphatic carboxylic acids is 1. The van der Waals surface area contributed by atoms with Crippen molar-refractivity contribution in [3.8, 4) is 0 Å². The number of carbonyl (C=O) groups excluding carboxylic acids is 1. The zero-order valence-corrected chi connectivity index (χ0v) is 20.3. The van der Waals surface area contributed by atoms with Crippen LogP contribution < -0.4 is 0 Å². The number of hydrogen-bond acceptors (Lipinski definition) is 3. The van der Waals surface area contributed by atoms with E-state index in [2.05, 4.69) is 6.07 Å². The Kier molecular flexibility index (Phi) is 7.41. The molecular formula is C25H29Cl2NO4. The van der Waals surface area contributed by atoms with Crippen LogP contribution in [0.2, 0.25) is 10.0 Å². The van der Waals surface area contributed by atoms with E-state index >= 15 is 0 Å². The Balaban J connectivity index is 2.00. The van der Waals surface area contributed by atoms with Crippen molar-refractivity contribution in [3.63, 3.8) is 0 Å². The minimum absolute atomic E-state index is 0.0669. The van der Waals surface area contributed by atoms with Crippen LogP contribution in [-0.4, -0.2) is 34.7 Å². The zero-order chi connectivity index (χ0) is 23.6. The third-order valence-corrected chi connectivity index (χ3v) is 6.48. The van der Waals surface area contributed by atoms with Crippen LogP contribution in [0.25, 0.3) is 0 Å². The molecule has 7 heteroatoms. The van der Waals surface area contributed by atoms with E-state index in [-0.39, 0.29) is 24.5 Å². The zero-order valence-electron chi connectivity index (χ0n) is 18.8. The molecule has 1 aliphatic carbocycles. The van der Waals surface area contributed by atoms with E-state index in [1.807, 2.05) is 45.0 Å². The van der Waals surface area contributed by atoms with Crippen molar-refractivity contribution in [1.29, 1.82) is 0 Å². The number of carbonyl (C=O) groups is 2. The molecule has 1 aliphatic rings. The number of halogens is 2. The highest BCUT2D eigenvalue weighted by molar-refractivity contribution is 6.42. The Morgan fingerprint density at radius 3 is 2.41 bits per heavy atom. The molecule has 2 atom stereocenters. The Hall–Kier alpha value is -2.24. The molecule has 0 bridgehead atoms. The van der Waals surface area contributed by atoms with Crippen LogP contribution in [0.4, 0.5) is 4.79 Å². The number of rotatable bonds is 5. The Morgan fingerprint density at radius 1 is 1.06 bits per heavy atom. The molecule has 0 aromatic heterocycles. The van der Waals surface area contributed by atoms with Gasteiger partial charge in [0.15, 0.2) is 0 Å². The first-order valence-electron chi connectivity index (χ1n) is 10.7. The lowest BCUT2D eigenvalue weighted by molar-refractivity contribution is -0.136. The van der Waals surface area contributed by atoms with Crippen LogP contribution in [0.1, 0.15) is 74.2 Å². The van der Waals surface area contributed by atoms with E-state index in [0.717, 1.165) is 35.1 Å². The SMILES string of the molecule is CN(C(=O)OC(C)(C)C)[C@H]1CC[C@@H](c2ccc(Cl)c(Cl)c2)c2cc(CCC(=O)O)ccc21.